The molecule has 1 unspecified atom stereocenters. The number of carbonyl (C=O) groups is 1. The highest BCUT2D eigenvalue weighted by Crippen LogP contribution is 2.51. The number of primary amides is 1. The number of nitrogens with two attached hydrogens (primary N) is 2. The van der Waals surface area contributed by atoms with Crippen LogP contribution >= 0.6 is 11.3 Å². The Morgan fingerprint density at radius 1 is 1.13 bits per heavy atom. The van der Waals surface area contributed by atoms with Gasteiger partial charge in [-0.25, -0.2) is 4.98 Å². The Kier molecular flexibility index (Phi) is 4.58. The fraction of sp³-hybridized carbons (Fsp3) is 0.143. The Morgan fingerprint density at radius 2 is 1.83 bits per heavy atom. The molecule has 1 aliphatic rings. The quantitative estimate of drug-likeness (QED) is 0.580. The number of fused-ring (bicyclic) bond motifs is 1. The monoisotopic (exact) mass is 431 g/mol. The smallest absolute Gasteiger partial charge is 0.404 e. The van der Waals surface area contributed by atoms with E-state index in [0.29, 0.717) is 16.1 Å². The van der Waals surface area contributed by atoms with Crippen molar-refractivity contribution in [2.75, 3.05) is 0 Å². The predicted molar refractivity (Wildman–Crippen MR) is 109 cm³/mol. The van der Waals surface area contributed by atoms with Gasteiger partial charge in [0.2, 0.25) is 5.91 Å². The van der Waals surface area contributed by atoms with E-state index in [1.165, 1.54) is 47.7 Å². The molecule has 5 nitrogen and oxygen atoms in total. The summed E-state index contributed by atoms with van der Waals surface area (Å²) in [6.45, 7) is 0. The largest absolute Gasteiger partial charge is 0.508 e. The molecule has 1 amide bonds. The fourth-order valence-corrected chi connectivity index (χ4v) is 4.58. The number of hydrogen-bond donors (Lipinski definition) is 3. The van der Waals surface area contributed by atoms with Gasteiger partial charge in [-0.1, -0.05) is 30.3 Å². The number of aromatic nitrogens is 1. The molecule has 0 saturated heterocycles. The number of phenols is 1. The van der Waals surface area contributed by atoms with E-state index in [1.807, 2.05) is 0 Å². The number of aromatic hydroxyl groups is 1. The van der Waals surface area contributed by atoms with Crippen LogP contribution in [0.4, 0.5) is 13.2 Å². The maximum Gasteiger partial charge on any atom is 0.404 e. The Morgan fingerprint density at radius 3 is 2.47 bits per heavy atom. The summed E-state index contributed by atoms with van der Waals surface area (Å²) in [7, 11) is 0. The summed E-state index contributed by atoms with van der Waals surface area (Å²) in [6, 6.07) is 10.5. The van der Waals surface area contributed by atoms with E-state index >= 15 is 0 Å². The first-order chi connectivity index (χ1) is 14.1. The Bertz CT molecular complexity index is 1210. The van der Waals surface area contributed by atoms with Gasteiger partial charge < -0.3 is 16.6 Å². The maximum atomic E-state index is 14.2. The van der Waals surface area contributed by atoms with E-state index in [-0.39, 0.29) is 16.9 Å². The lowest BCUT2D eigenvalue weighted by molar-refractivity contribution is -0.180. The van der Waals surface area contributed by atoms with Gasteiger partial charge in [-0.15, -0.1) is 11.3 Å². The first-order valence-electron chi connectivity index (χ1n) is 8.85. The second-order valence-electron chi connectivity index (χ2n) is 7.01. The van der Waals surface area contributed by atoms with E-state index in [0.717, 1.165) is 10.8 Å². The number of amides is 1. The van der Waals surface area contributed by atoms with Gasteiger partial charge in [0.1, 0.15) is 16.2 Å². The van der Waals surface area contributed by atoms with Crippen LogP contribution in [0, 0.1) is 0 Å². The highest BCUT2D eigenvalue weighted by Gasteiger charge is 2.59. The number of benzene rings is 2. The molecule has 9 heteroatoms. The summed E-state index contributed by atoms with van der Waals surface area (Å²) < 4.78 is 43.5. The summed E-state index contributed by atoms with van der Waals surface area (Å²) in [4.78, 5) is 16.0. The molecular weight excluding hydrogens is 415 g/mol. The number of halogens is 3. The molecule has 0 aliphatic heterocycles. The topological polar surface area (TPSA) is 102 Å². The number of carbonyl (C=O) groups excluding carboxylic acids is 1. The molecule has 1 heterocycles. The van der Waals surface area contributed by atoms with Gasteiger partial charge in [0.15, 0.2) is 0 Å². The van der Waals surface area contributed by atoms with Crippen molar-refractivity contribution in [2.45, 2.75) is 18.0 Å². The van der Waals surface area contributed by atoms with Crippen LogP contribution in [0.5, 0.6) is 5.75 Å². The van der Waals surface area contributed by atoms with Crippen LogP contribution in [0.15, 0.2) is 65.9 Å². The van der Waals surface area contributed by atoms with E-state index in [1.54, 1.807) is 12.1 Å². The third-order valence-electron chi connectivity index (χ3n) is 5.21. The van der Waals surface area contributed by atoms with E-state index < -0.39 is 29.6 Å². The number of phenolic OH excluding ortho intramolecular Hbond substituents is 1. The summed E-state index contributed by atoms with van der Waals surface area (Å²) in [5.41, 5.74) is 9.19. The zero-order valence-corrected chi connectivity index (χ0v) is 16.2. The summed E-state index contributed by atoms with van der Waals surface area (Å²) in [6.07, 6.45) is -3.08. The lowest BCUT2D eigenvalue weighted by atomic mass is 9.69. The average molecular weight is 431 g/mol. The third kappa shape index (κ3) is 3.11. The zero-order chi connectivity index (χ0) is 21.7. The van der Waals surface area contributed by atoms with Gasteiger partial charge in [-0.3, -0.25) is 4.79 Å². The zero-order valence-electron chi connectivity index (χ0n) is 15.4. The van der Waals surface area contributed by atoms with Gasteiger partial charge in [0, 0.05) is 23.3 Å². The van der Waals surface area contributed by atoms with Gasteiger partial charge >= 0.3 is 6.18 Å². The lowest BCUT2D eigenvalue weighted by Crippen LogP contribution is -2.48. The van der Waals surface area contributed by atoms with Crippen LogP contribution in [0.25, 0.3) is 20.8 Å². The van der Waals surface area contributed by atoms with E-state index in [9.17, 15) is 23.1 Å². The molecule has 0 radical (unpaired) electrons. The van der Waals surface area contributed by atoms with Gasteiger partial charge in [-0.05, 0) is 29.8 Å². The minimum absolute atomic E-state index is 0.0851. The van der Waals surface area contributed by atoms with Crippen LogP contribution in [0.1, 0.15) is 12.0 Å². The average Bonchev–Trinajstić information content (AvgIpc) is 3.10. The van der Waals surface area contributed by atoms with Crippen LogP contribution in [0.3, 0.4) is 0 Å². The van der Waals surface area contributed by atoms with Gasteiger partial charge in [-0.2, -0.15) is 13.2 Å². The second kappa shape index (κ2) is 6.88. The van der Waals surface area contributed by atoms with Crippen LogP contribution in [-0.4, -0.2) is 22.2 Å². The molecule has 0 fully saturated rings. The van der Waals surface area contributed by atoms with Crippen LogP contribution in [-0.2, 0) is 10.2 Å². The third-order valence-corrected chi connectivity index (χ3v) is 6.28. The van der Waals surface area contributed by atoms with Crippen molar-refractivity contribution < 1.29 is 23.1 Å². The number of rotatable bonds is 3. The number of nitrogens with zero attached hydrogens (tertiary/aromatic N) is 1. The highest BCUT2D eigenvalue weighted by atomic mass is 32.1. The Hall–Kier alpha value is -3.33. The molecule has 1 aliphatic carbocycles. The molecule has 1 atom stereocenters. The van der Waals surface area contributed by atoms with Gasteiger partial charge in [0.25, 0.3) is 0 Å². The van der Waals surface area contributed by atoms with Crippen molar-refractivity contribution >= 4 is 27.5 Å². The van der Waals surface area contributed by atoms with Crippen molar-refractivity contribution in [3.63, 3.8) is 0 Å². The van der Waals surface area contributed by atoms with Crippen LogP contribution < -0.4 is 11.5 Å². The summed E-state index contributed by atoms with van der Waals surface area (Å²) in [5, 5.41) is 10.2. The molecule has 2 aromatic carbocycles. The number of alkyl halides is 3. The maximum absolute atomic E-state index is 14.2. The van der Waals surface area contributed by atoms with Gasteiger partial charge in [0.05, 0.1) is 10.2 Å². The van der Waals surface area contributed by atoms with Crippen molar-refractivity contribution in [1.29, 1.82) is 0 Å². The normalized spacial score (nSPS) is 19.4. The number of hydrogen-bond acceptors (Lipinski definition) is 5. The van der Waals surface area contributed by atoms with Crippen molar-refractivity contribution in [1.82, 2.24) is 4.98 Å². The molecule has 0 spiro atoms. The van der Waals surface area contributed by atoms with Crippen LogP contribution in [0.2, 0.25) is 0 Å². The summed E-state index contributed by atoms with van der Waals surface area (Å²) >= 11 is 1.32. The second-order valence-corrected chi connectivity index (χ2v) is 8.04. The minimum atomic E-state index is -4.74. The molecule has 1 aromatic heterocycles. The highest BCUT2D eigenvalue weighted by molar-refractivity contribution is 7.21. The first kappa shape index (κ1) is 20.0. The number of thiazole rings is 1. The molecule has 0 saturated carbocycles. The summed E-state index contributed by atoms with van der Waals surface area (Å²) in [5.74, 6) is -0.806. The van der Waals surface area contributed by atoms with Crippen molar-refractivity contribution in [3.05, 3.63) is 71.5 Å². The molecule has 3 aromatic rings. The SMILES string of the molecule is NC(=O)C1=CC=C(N)C(c2ccc(-c3nc4ccc(O)cc4s3)cc2)(C(F)(F)F)C1. The first-order valence-corrected chi connectivity index (χ1v) is 9.67. The predicted octanol–water partition coefficient (Wildman–Crippen LogP) is 4.13. The van der Waals surface area contributed by atoms with Crippen molar-refractivity contribution in [3.8, 4) is 16.3 Å². The minimum Gasteiger partial charge on any atom is -0.508 e. The lowest BCUT2D eigenvalue weighted by Gasteiger charge is -2.38. The molecule has 154 valence electrons. The van der Waals surface area contributed by atoms with Crippen molar-refractivity contribution in [2.24, 2.45) is 11.5 Å². The standard InChI is InChI=1S/C21H16F3N3O2S/c22-21(23,24)20(10-12(18(26)29)3-8-17(20)25)13-4-1-11(2-5-13)19-27-15-7-6-14(28)9-16(15)30-19/h1-9,28H,10,25H2,(H2,26,29). The van der Waals surface area contributed by atoms with E-state index in [4.69, 9.17) is 11.5 Å². The molecule has 4 rings (SSSR count). The molecular formula is C21H16F3N3O2S. The molecule has 30 heavy (non-hydrogen) atoms. The number of allylic oxidation sites excluding steroid dienone is 3. The fourth-order valence-electron chi connectivity index (χ4n) is 3.58. The Balaban J connectivity index is 1.78. The molecule has 0 bridgehead atoms. The molecule has 5 N–H and O–H groups in total. The Labute approximate surface area is 173 Å². The van der Waals surface area contributed by atoms with E-state index in [2.05, 4.69) is 4.98 Å².